The molecule has 0 unspecified atom stereocenters. The van der Waals surface area contributed by atoms with Crippen molar-refractivity contribution in [1.82, 2.24) is 9.78 Å². The number of rotatable bonds is 3. The summed E-state index contributed by atoms with van der Waals surface area (Å²) in [5.74, 6) is 1.75. The molecule has 2 nitrogen and oxygen atoms in total. The smallest absolute Gasteiger partial charge is 0.211 e. The lowest BCUT2D eigenvalue weighted by Gasteiger charge is -2.00. The highest BCUT2D eigenvalue weighted by Gasteiger charge is 2.41. The molecule has 1 aliphatic carbocycles. The van der Waals surface area contributed by atoms with Crippen LogP contribution in [0.2, 0.25) is 0 Å². The topological polar surface area (TPSA) is 17.8 Å². The summed E-state index contributed by atoms with van der Waals surface area (Å²) in [6, 6.07) is 0. The highest BCUT2D eigenvalue weighted by atomic mass is 19.3. The lowest BCUT2D eigenvalue weighted by Crippen LogP contribution is -1.97. The van der Waals surface area contributed by atoms with Crippen LogP contribution >= 0.6 is 0 Å². The van der Waals surface area contributed by atoms with Crippen molar-refractivity contribution in [2.24, 2.45) is 11.8 Å². The molecule has 1 saturated carbocycles. The summed E-state index contributed by atoms with van der Waals surface area (Å²) in [5.41, 5.74) is 0.962. The van der Waals surface area contributed by atoms with Gasteiger partial charge in [0.2, 0.25) is 0 Å². The summed E-state index contributed by atoms with van der Waals surface area (Å²) >= 11 is 0. The molecule has 4 heteroatoms. The molecule has 14 heavy (non-hydrogen) atoms. The Bertz CT molecular complexity index is 320. The largest absolute Gasteiger partial charge is 0.333 e. The van der Waals surface area contributed by atoms with E-state index in [9.17, 15) is 8.78 Å². The second kappa shape index (κ2) is 3.33. The van der Waals surface area contributed by atoms with Gasteiger partial charge in [0.15, 0.2) is 0 Å². The number of alkyl halides is 2. The first-order valence-corrected chi connectivity index (χ1v) is 4.91. The van der Waals surface area contributed by atoms with Crippen LogP contribution in [0.4, 0.5) is 8.78 Å². The quantitative estimate of drug-likeness (QED) is 0.733. The van der Waals surface area contributed by atoms with Gasteiger partial charge in [0.25, 0.3) is 0 Å². The number of hydrogen-bond acceptors (Lipinski definition) is 1. The Morgan fingerprint density at radius 1 is 1.50 bits per heavy atom. The summed E-state index contributed by atoms with van der Waals surface area (Å²) in [4.78, 5) is 0. The molecule has 2 atom stereocenters. The zero-order valence-corrected chi connectivity index (χ0v) is 8.32. The minimum atomic E-state index is -2.51. The van der Waals surface area contributed by atoms with Crippen LogP contribution < -0.4 is 0 Å². The van der Waals surface area contributed by atoms with E-state index >= 15 is 0 Å². The van der Waals surface area contributed by atoms with Crippen LogP contribution in [0, 0.1) is 11.8 Å². The molecule has 2 rings (SSSR count). The Kier molecular flexibility index (Phi) is 2.29. The van der Waals surface area contributed by atoms with Gasteiger partial charge in [-0.25, -0.2) is 4.68 Å². The molecule has 1 aromatic heterocycles. The maximum absolute atomic E-state index is 12.2. The third-order valence-electron chi connectivity index (χ3n) is 2.95. The van der Waals surface area contributed by atoms with E-state index < -0.39 is 6.55 Å². The molecule has 78 valence electrons. The van der Waals surface area contributed by atoms with Gasteiger partial charge in [0.05, 0.1) is 6.20 Å². The second-order valence-corrected chi connectivity index (χ2v) is 4.28. The predicted molar refractivity (Wildman–Crippen MR) is 49.2 cm³/mol. The van der Waals surface area contributed by atoms with E-state index in [-0.39, 0.29) is 0 Å². The molecule has 0 amide bonds. The van der Waals surface area contributed by atoms with Crippen LogP contribution in [0.3, 0.4) is 0 Å². The van der Waals surface area contributed by atoms with Gasteiger partial charge in [0, 0.05) is 6.20 Å². The van der Waals surface area contributed by atoms with Crippen molar-refractivity contribution in [1.29, 1.82) is 0 Å². The molecular formula is C10H14F2N2. The lowest BCUT2D eigenvalue weighted by molar-refractivity contribution is 0.0565. The lowest BCUT2D eigenvalue weighted by atomic mass is 10.1. The van der Waals surface area contributed by atoms with Crippen LogP contribution in [-0.2, 0) is 0 Å². The van der Waals surface area contributed by atoms with Gasteiger partial charge in [-0.3, -0.25) is 0 Å². The van der Waals surface area contributed by atoms with E-state index in [1.165, 1.54) is 6.20 Å². The zero-order valence-electron chi connectivity index (χ0n) is 8.32. The van der Waals surface area contributed by atoms with Crippen molar-refractivity contribution >= 4 is 0 Å². The highest BCUT2D eigenvalue weighted by Crippen LogP contribution is 2.51. The van der Waals surface area contributed by atoms with Crippen molar-refractivity contribution in [2.45, 2.75) is 32.7 Å². The molecule has 1 heterocycles. The molecule has 0 aliphatic heterocycles. The summed E-state index contributed by atoms with van der Waals surface area (Å²) < 4.78 is 25.2. The normalized spacial score (nSPS) is 26.1. The molecule has 1 fully saturated rings. The van der Waals surface area contributed by atoms with Crippen molar-refractivity contribution in [3.05, 3.63) is 18.0 Å². The fraction of sp³-hybridized carbons (Fsp3) is 0.700. The summed E-state index contributed by atoms with van der Waals surface area (Å²) in [5, 5.41) is 3.64. The maximum atomic E-state index is 12.2. The first kappa shape index (κ1) is 9.62. The summed E-state index contributed by atoms with van der Waals surface area (Å²) in [6.07, 6.45) is 4.16. The Balaban J connectivity index is 2.05. The predicted octanol–water partition coefficient (Wildman–Crippen LogP) is 3.04. The molecule has 0 saturated heterocycles. The molecule has 1 aliphatic rings. The molecule has 1 aromatic rings. The first-order valence-electron chi connectivity index (χ1n) is 4.91. The van der Waals surface area contributed by atoms with Crippen molar-refractivity contribution in [2.75, 3.05) is 0 Å². The van der Waals surface area contributed by atoms with Crippen LogP contribution in [0.15, 0.2) is 12.4 Å². The van der Waals surface area contributed by atoms with Crippen LogP contribution in [0.5, 0.6) is 0 Å². The summed E-state index contributed by atoms with van der Waals surface area (Å²) in [7, 11) is 0. The van der Waals surface area contributed by atoms with Gasteiger partial charge in [-0.2, -0.15) is 13.9 Å². The van der Waals surface area contributed by atoms with E-state index in [4.69, 9.17) is 0 Å². The first-order chi connectivity index (χ1) is 6.59. The Morgan fingerprint density at radius 3 is 2.64 bits per heavy atom. The molecule has 0 spiro atoms. The Labute approximate surface area is 81.9 Å². The van der Waals surface area contributed by atoms with Crippen LogP contribution in [-0.4, -0.2) is 9.78 Å². The standard InChI is InChI=1S/C10H14F2N2/c1-6(2)8-3-9(8)7-4-13-14(5-7)10(11)12/h4-6,8-10H,3H2,1-2H3/t8-,9-/m1/s1. The van der Waals surface area contributed by atoms with Gasteiger partial charge in [-0.15, -0.1) is 0 Å². The van der Waals surface area contributed by atoms with Crippen molar-refractivity contribution < 1.29 is 8.78 Å². The number of nitrogens with zero attached hydrogens (tertiary/aromatic N) is 2. The highest BCUT2D eigenvalue weighted by molar-refractivity contribution is 5.20. The van der Waals surface area contributed by atoms with Crippen LogP contribution in [0.1, 0.15) is 38.3 Å². The number of hydrogen-bond donors (Lipinski definition) is 0. The fourth-order valence-corrected chi connectivity index (χ4v) is 1.99. The van der Waals surface area contributed by atoms with Crippen molar-refractivity contribution in [3.8, 4) is 0 Å². The minimum Gasteiger partial charge on any atom is -0.211 e. The SMILES string of the molecule is CC(C)[C@H]1C[C@@H]1c1cnn(C(F)F)c1. The fourth-order valence-electron chi connectivity index (χ4n) is 1.99. The Morgan fingerprint density at radius 2 is 2.21 bits per heavy atom. The number of aromatic nitrogens is 2. The summed E-state index contributed by atoms with van der Waals surface area (Å²) in [6.45, 7) is 1.82. The number of halogens is 2. The monoisotopic (exact) mass is 200 g/mol. The van der Waals surface area contributed by atoms with E-state index in [2.05, 4.69) is 18.9 Å². The van der Waals surface area contributed by atoms with Crippen molar-refractivity contribution in [3.63, 3.8) is 0 Å². The molecule has 0 aromatic carbocycles. The molecule has 0 radical (unpaired) electrons. The molecule has 0 N–H and O–H groups in total. The van der Waals surface area contributed by atoms with Gasteiger partial charge in [-0.05, 0) is 29.7 Å². The van der Waals surface area contributed by atoms with Gasteiger partial charge in [-0.1, -0.05) is 13.8 Å². The third-order valence-corrected chi connectivity index (χ3v) is 2.95. The van der Waals surface area contributed by atoms with E-state index in [0.717, 1.165) is 16.7 Å². The van der Waals surface area contributed by atoms with Gasteiger partial charge >= 0.3 is 6.55 Å². The van der Waals surface area contributed by atoms with E-state index in [1.54, 1.807) is 6.20 Å². The van der Waals surface area contributed by atoms with Gasteiger partial charge < -0.3 is 0 Å². The van der Waals surface area contributed by atoms with E-state index in [0.29, 0.717) is 17.8 Å². The zero-order chi connectivity index (χ0) is 10.3. The van der Waals surface area contributed by atoms with Crippen LogP contribution in [0.25, 0.3) is 0 Å². The van der Waals surface area contributed by atoms with E-state index in [1.807, 2.05) is 0 Å². The average Bonchev–Trinajstić information content (AvgIpc) is 2.76. The molecule has 0 bridgehead atoms. The Hall–Kier alpha value is -0.930. The van der Waals surface area contributed by atoms with Gasteiger partial charge in [0.1, 0.15) is 0 Å². The maximum Gasteiger partial charge on any atom is 0.333 e. The second-order valence-electron chi connectivity index (χ2n) is 4.28. The molecular weight excluding hydrogens is 186 g/mol. The third kappa shape index (κ3) is 1.65. The minimum absolute atomic E-state index is 0.461. The average molecular weight is 200 g/mol.